The zero-order valence-electron chi connectivity index (χ0n) is 15.2. The number of aliphatic hydroxyl groups excluding tert-OH is 1. The first kappa shape index (κ1) is 15.6. The van der Waals surface area contributed by atoms with E-state index in [2.05, 4.69) is 19.9 Å². The van der Waals surface area contributed by atoms with E-state index in [0.29, 0.717) is 11.8 Å². The minimum absolute atomic E-state index is 0.0422. The van der Waals surface area contributed by atoms with Crippen LogP contribution in [0.4, 0.5) is 0 Å². The molecule has 0 radical (unpaired) electrons. The van der Waals surface area contributed by atoms with Crippen LogP contribution >= 0.6 is 0 Å². The van der Waals surface area contributed by atoms with Gasteiger partial charge in [-0.15, -0.1) is 0 Å². The molecule has 3 nitrogen and oxygen atoms in total. The molecule has 5 rings (SSSR count). The number of ether oxygens (including phenoxy) is 1. The molecule has 0 unspecified atom stereocenters. The lowest BCUT2D eigenvalue weighted by Gasteiger charge is -2.58. The molecule has 0 aromatic rings. The van der Waals surface area contributed by atoms with Gasteiger partial charge in [-0.3, -0.25) is 4.79 Å². The molecule has 4 aliphatic carbocycles. The summed E-state index contributed by atoms with van der Waals surface area (Å²) < 4.78 is 6.00. The highest BCUT2D eigenvalue weighted by Crippen LogP contribution is 2.73. The molecule has 3 saturated carbocycles. The Morgan fingerprint density at radius 3 is 2.79 bits per heavy atom. The number of hydrogen-bond donors (Lipinski definition) is 1. The van der Waals surface area contributed by atoms with Gasteiger partial charge < -0.3 is 9.84 Å². The third-order valence-corrected chi connectivity index (χ3v) is 9.03. The Balaban J connectivity index is 1.51. The Morgan fingerprint density at radius 1 is 1.25 bits per heavy atom. The summed E-state index contributed by atoms with van der Waals surface area (Å²) in [5.74, 6) is 2.31. The first-order chi connectivity index (χ1) is 11.3. The average Bonchev–Trinajstić information content (AvgIpc) is 3.21. The molecule has 24 heavy (non-hydrogen) atoms. The van der Waals surface area contributed by atoms with Gasteiger partial charge in [0.2, 0.25) is 0 Å². The van der Waals surface area contributed by atoms with E-state index in [1.807, 2.05) is 0 Å². The lowest BCUT2D eigenvalue weighted by atomic mass is 9.47. The molecule has 0 bridgehead atoms. The van der Waals surface area contributed by atoms with Crippen LogP contribution in [-0.4, -0.2) is 28.7 Å². The predicted octanol–water partition coefficient (Wildman–Crippen LogP) is 3.65. The minimum Gasteiger partial charge on any atom is -0.393 e. The number of hydrogen-bond acceptors (Lipinski definition) is 3. The molecule has 0 aromatic heterocycles. The fraction of sp³-hybridized carbons (Fsp3) is 0.857. The maximum Gasteiger partial charge on any atom is 0.164 e. The first-order valence-corrected chi connectivity index (χ1v) is 9.89. The molecule has 1 saturated heterocycles. The van der Waals surface area contributed by atoms with E-state index in [0.717, 1.165) is 44.4 Å². The average molecular weight is 330 g/mol. The molecule has 0 amide bonds. The third-order valence-electron chi connectivity index (χ3n) is 9.03. The minimum atomic E-state index is -0.448. The van der Waals surface area contributed by atoms with Crippen molar-refractivity contribution in [3.05, 3.63) is 11.6 Å². The summed E-state index contributed by atoms with van der Waals surface area (Å²) in [7, 11) is 0. The van der Waals surface area contributed by atoms with Crippen LogP contribution < -0.4 is 0 Å². The Bertz CT molecular complexity index is 639. The number of allylic oxidation sites excluding steroid dienone is 1. The van der Waals surface area contributed by atoms with Crippen LogP contribution in [0.5, 0.6) is 0 Å². The highest BCUT2D eigenvalue weighted by atomic mass is 16.6. The molecule has 8 atom stereocenters. The number of aliphatic hydroxyl groups is 1. The van der Waals surface area contributed by atoms with Crippen molar-refractivity contribution in [2.24, 2.45) is 28.6 Å². The highest BCUT2D eigenvalue weighted by Gasteiger charge is 2.79. The number of epoxide rings is 1. The highest BCUT2D eigenvalue weighted by molar-refractivity contribution is 5.90. The smallest absolute Gasteiger partial charge is 0.164 e. The summed E-state index contributed by atoms with van der Waals surface area (Å²) in [6, 6.07) is 0. The molecular weight excluding hydrogens is 300 g/mol. The lowest BCUT2D eigenvalue weighted by Crippen LogP contribution is -2.54. The zero-order valence-corrected chi connectivity index (χ0v) is 15.2. The molecule has 1 N–H and O–H groups in total. The Labute approximate surface area is 144 Å². The van der Waals surface area contributed by atoms with E-state index in [4.69, 9.17) is 4.74 Å². The zero-order chi connectivity index (χ0) is 16.9. The predicted molar refractivity (Wildman–Crippen MR) is 91.4 cm³/mol. The normalized spacial score (nSPS) is 58.0. The van der Waals surface area contributed by atoms with Crippen molar-refractivity contribution in [3.63, 3.8) is 0 Å². The van der Waals surface area contributed by atoms with Gasteiger partial charge in [-0.25, -0.2) is 0 Å². The number of ketones is 1. The lowest BCUT2D eigenvalue weighted by molar-refractivity contribution is -0.135. The Kier molecular flexibility index (Phi) is 2.94. The fourth-order valence-corrected chi connectivity index (χ4v) is 7.71. The third kappa shape index (κ3) is 1.60. The standard InChI is InChI=1S/C21H30O3/c1-12(22)21-18(24-21)11-17-15-5-4-13-10-14(23)6-8-19(13,2)16(15)7-9-20(17,21)3/h4,14-18,23H,5-11H2,1-3H3/t14-,15-,16+,17+,18-,19-,20-,21-/m0/s1. The van der Waals surface area contributed by atoms with Crippen molar-refractivity contribution in [2.75, 3.05) is 0 Å². The molecule has 3 heteroatoms. The van der Waals surface area contributed by atoms with E-state index in [-0.39, 0.29) is 28.8 Å². The molecule has 132 valence electrons. The van der Waals surface area contributed by atoms with Crippen LogP contribution in [0.1, 0.15) is 65.7 Å². The van der Waals surface area contributed by atoms with Gasteiger partial charge >= 0.3 is 0 Å². The molecule has 0 spiro atoms. The maximum atomic E-state index is 12.4. The van der Waals surface area contributed by atoms with Gasteiger partial charge in [-0.2, -0.15) is 0 Å². The van der Waals surface area contributed by atoms with Crippen LogP contribution in [0.3, 0.4) is 0 Å². The van der Waals surface area contributed by atoms with E-state index < -0.39 is 5.60 Å². The summed E-state index contributed by atoms with van der Waals surface area (Å²) in [5, 5.41) is 10.1. The summed E-state index contributed by atoms with van der Waals surface area (Å²) >= 11 is 0. The van der Waals surface area contributed by atoms with Crippen LogP contribution in [-0.2, 0) is 9.53 Å². The molecule has 5 aliphatic rings. The quantitative estimate of drug-likeness (QED) is 0.590. The van der Waals surface area contributed by atoms with Crippen LogP contribution in [0.2, 0.25) is 0 Å². The molecule has 1 aliphatic heterocycles. The van der Waals surface area contributed by atoms with Gasteiger partial charge in [-0.05, 0) is 75.0 Å². The van der Waals surface area contributed by atoms with Gasteiger partial charge in [0, 0.05) is 5.41 Å². The van der Waals surface area contributed by atoms with Crippen molar-refractivity contribution < 1.29 is 14.6 Å². The van der Waals surface area contributed by atoms with Crippen LogP contribution in [0.25, 0.3) is 0 Å². The monoisotopic (exact) mass is 330 g/mol. The largest absolute Gasteiger partial charge is 0.393 e. The van der Waals surface area contributed by atoms with Crippen molar-refractivity contribution in [1.82, 2.24) is 0 Å². The molecule has 1 heterocycles. The second-order valence-electron chi connectivity index (χ2n) is 9.75. The summed E-state index contributed by atoms with van der Waals surface area (Å²) in [4.78, 5) is 12.4. The Morgan fingerprint density at radius 2 is 2.04 bits per heavy atom. The number of fused-ring (bicyclic) bond motifs is 7. The van der Waals surface area contributed by atoms with Gasteiger partial charge in [0.1, 0.15) is 0 Å². The van der Waals surface area contributed by atoms with Crippen molar-refractivity contribution in [2.45, 2.75) is 83.5 Å². The van der Waals surface area contributed by atoms with E-state index in [1.54, 1.807) is 6.92 Å². The van der Waals surface area contributed by atoms with Gasteiger partial charge in [0.25, 0.3) is 0 Å². The second kappa shape index (κ2) is 4.54. The summed E-state index contributed by atoms with van der Waals surface area (Å²) in [6.07, 6.45) is 10.0. The summed E-state index contributed by atoms with van der Waals surface area (Å²) in [6.45, 7) is 6.54. The van der Waals surface area contributed by atoms with Crippen molar-refractivity contribution >= 4 is 5.78 Å². The second-order valence-corrected chi connectivity index (χ2v) is 9.75. The van der Waals surface area contributed by atoms with Crippen molar-refractivity contribution in [3.8, 4) is 0 Å². The molecular formula is C21H30O3. The SMILES string of the molecule is CC(=O)[C@]12O[C@H]1C[C@@H]1[C@H]3CC=C4C[C@@H](O)CC[C@]4(C)[C@@H]3CC[C@@]12C. The van der Waals surface area contributed by atoms with Gasteiger partial charge in [-0.1, -0.05) is 25.5 Å². The van der Waals surface area contributed by atoms with E-state index in [9.17, 15) is 9.90 Å². The number of carbonyl (C=O) groups excluding carboxylic acids is 1. The number of rotatable bonds is 1. The van der Waals surface area contributed by atoms with Gasteiger partial charge in [0.15, 0.2) is 11.4 Å². The Hall–Kier alpha value is -0.670. The van der Waals surface area contributed by atoms with Crippen LogP contribution in [0, 0.1) is 28.6 Å². The van der Waals surface area contributed by atoms with Crippen LogP contribution in [0.15, 0.2) is 11.6 Å². The molecule has 0 aromatic carbocycles. The summed E-state index contributed by atoms with van der Waals surface area (Å²) in [5.41, 5.74) is 1.39. The topological polar surface area (TPSA) is 49.8 Å². The van der Waals surface area contributed by atoms with Gasteiger partial charge in [0.05, 0.1) is 12.2 Å². The number of carbonyl (C=O) groups is 1. The number of Topliss-reactive ketones (excluding diaryl/α,β-unsaturated/α-hetero) is 1. The first-order valence-electron chi connectivity index (χ1n) is 9.89. The fourth-order valence-electron chi connectivity index (χ4n) is 7.71. The van der Waals surface area contributed by atoms with E-state index >= 15 is 0 Å². The van der Waals surface area contributed by atoms with Crippen molar-refractivity contribution in [1.29, 1.82) is 0 Å². The molecule has 4 fully saturated rings. The van der Waals surface area contributed by atoms with E-state index in [1.165, 1.54) is 12.0 Å². The maximum absolute atomic E-state index is 12.4.